The third kappa shape index (κ3) is 9.95. The summed E-state index contributed by atoms with van der Waals surface area (Å²) < 4.78 is 73.8. The number of rotatable bonds is 11. The van der Waals surface area contributed by atoms with E-state index in [2.05, 4.69) is 15.6 Å². The number of aliphatic hydroxyl groups is 1. The molecule has 0 radical (unpaired) electrons. The summed E-state index contributed by atoms with van der Waals surface area (Å²) in [5.41, 5.74) is -6.66. The smallest absolute Gasteiger partial charge is 0.424 e. The van der Waals surface area contributed by atoms with Crippen molar-refractivity contribution in [1.29, 1.82) is 0 Å². The maximum atomic E-state index is 14.7. The van der Waals surface area contributed by atoms with E-state index >= 15 is 0 Å². The monoisotopic (exact) mass is 713 g/mol. The number of ether oxygens (including phenoxy) is 3. The predicted molar refractivity (Wildman–Crippen MR) is 172 cm³/mol. The van der Waals surface area contributed by atoms with Gasteiger partial charge in [0.15, 0.2) is 18.1 Å². The minimum absolute atomic E-state index is 0.0352. The van der Waals surface area contributed by atoms with Gasteiger partial charge in [0.2, 0.25) is 5.60 Å². The largest absolute Gasteiger partial charge is 0.493 e. The molecule has 16 heteroatoms. The fourth-order valence-electron chi connectivity index (χ4n) is 4.49. The van der Waals surface area contributed by atoms with Crippen LogP contribution in [0.2, 0.25) is 5.02 Å². The van der Waals surface area contributed by atoms with Gasteiger partial charge < -0.3 is 35.1 Å². The van der Waals surface area contributed by atoms with Crippen molar-refractivity contribution >= 4 is 35.3 Å². The van der Waals surface area contributed by atoms with Crippen LogP contribution in [-0.4, -0.2) is 77.1 Å². The highest BCUT2D eigenvalue weighted by Crippen LogP contribution is 2.39. The van der Waals surface area contributed by atoms with E-state index in [4.69, 9.17) is 30.9 Å². The quantitative estimate of drug-likeness (QED) is 0.207. The first-order valence-electron chi connectivity index (χ1n) is 14.6. The van der Waals surface area contributed by atoms with Gasteiger partial charge in [0, 0.05) is 11.1 Å². The molecule has 0 spiro atoms. The Morgan fingerprint density at radius 2 is 1.69 bits per heavy atom. The molecule has 0 fully saturated rings. The van der Waals surface area contributed by atoms with Crippen LogP contribution in [0.5, 0.6) is 11.5 Å². The van der Waals surface area contributed by atoms with E-state index < -0.39 is 65.6 Å². The van der Waals surface area contributed by atoms with Gasteiger partial charge in [-0.3, -0.25) is 4.79 Å². The second-order valence-electron chi connectivity index (χ2n) is 12.4. The van der Waals surface area contributed by atoms with Gasteiger partial charge in [-0.05, 0) is 89.1 Å². The molecule has 0 aliphatic carbocycles. The average Bonchev–Trinajstić information content (AvgIpc) is 3.22. The number of halogens is 5. The lowest BCUT2D eigenvalue weighted by Gasteiger charge is -2.32. The van der Waals surface area contributed by atoms with E-state index in [0.717, 1.165) is 30.3 Å². The lowest BCUT2D eigenvalue weighted by atomic mass is 9.89. The standard InChI is InChI=1S/C33H36ClF4N3O8/c1-30(2,3)49-29(45)41-31(4,5)20-9-12-26(40-23(15-20)18-7-10-22(35)21(34)13-18)32(46,33(36,37)38)17-39-28(44)19-8-11-24(25(14-19)47-6)48-16-27(42)43/h7-8,10-15,46H,9,16-17H2,1-6H3,(H,39,44)(H,41,45)(H,42,43). The molecule has 2 amide bonds. The number of carbonyl (C=O) groups excluding carboxylic acids is 2. The Morgan fingerprint density at radius 3 is 2.27 bits per heavy atom. The molecule has 266 valence electrons. The lowest BCUT2D eigenvalue weighted by Crippen LogP contribution is -2.54. The summed E-state index contributed by atoms with van der Waals surface area (Å²) >= 11 is 5.98. The van der Waals surface area contributed by atoms with Crippen molar-refractivity contribution in [3.63, 3.8) is 0 Å². The number of carbonyl (C=O) groups is 3. The first-order valence-corrected chi connectivity index (χ1v) is 15.0. The van der Waals surface area contributed by atoms with Crippen molar-refractivity contribution in [3.8, 4) is 11.5 Å². The molecule has 0 aromatic heterocycles. The number of benzene rings is 2. The molecular formula is C33H36ClF4N3O8. The number of allylic oxidation sites excluding steroid dienone is 2. The minimum atomic E-state index is -5.39. The molecule has 1 heterocycles. The van der Waals surface area contributed by atoms with Crippen LogP contribution < -0.4 is 20.1 Å². The number of alkyl carbamates (subject to hydrolysis) is 1. The van der Waals surface area contributed by atoms with Crippen LogP contribution in [0.25, 0.3) is 0 Å². The van der Waals surface area contributed by atoms with Crippen molar-refractivity contribution < 1.29 is 56.4 Å². The predicted octanol–water partition coefficient (Wildman–Crippen LogP) is 5.98. The summed E-state index contributed by atoms with van der Waals surface area (Å²) in [6.07, 6.45) is -4.05. The number of nitrogens with zero attached hydrogens (tertiary/aromatic N) is 1. The van der Waals surface area contributed by atoms with Gasteiger partial charge >= 0.3 is 18.2 Å². The maximum Gasteiger partial charge on any atom is 0.424 e. The molecule has 0 bridgehead atoms. The Labute approximate surface area is 284 Å². The van der Waals surface area contributed by atoms with Gasteiger partial charge in [0.05, 0.1) is 35.6 Å². The summed E-state index contributed by atoms with van der Waals surface area (Å²) in [6, 6.07) is 6.86. The van der Waals surface area contributed by atoms with Crippen molar-refractivity contribution in [3.05, 3.63) is 81.8 Å². The number of hydrogen-bond acceptors (Lipinski definition) is 8. The highest BCUT2D eigenvalue weighted by Gasteiger charge is 2.57. The molecular weight excluding hydrogens is 678 g/mol. The van der Waals surface area contributed by atoms with Crippen molar-refractivity contribution in [2.45, 2.75) is 64.0 Å². The third-order valence-electron chi connectivity index (χ3n) is 7.07. The molecule has 0 saturated heterocycles. The van der Waals surface area contributed by atoms with Gasteiger partial charge in [0.25, 0.3) is 5.91 Å². The lowest BCUT2D eigenvalue weighted by molar-refractivity contribution is -0.241. The Morgan fingerprint density at radius 1 is 1.02 bits per heavy atom. The van der Waals surface area contributed by atoms with Crippen LogP contribution >= 0.6 is 11.6 Å². The summed E-state index contributed by atoms with van der Waals surface area (Å²) in [5, 5.41) is 24.5. The van der Waals surface area contributed by atoms with E-state index in [1.165, 1.54) is 25.3 Å². The molecule has 2 aromatic rings. The molecule has 49 heavy (non-hydrogen) atoms. The van der Waals surface area contributed by atoms with Crippen LogP contribution in [0.1, 0.15) is 57.0 Å². The second-order valence-corrected chi connectivity index (χ2v) is 12.8. The molecule has 4 N–H and O–H groups in total. The molecule has 1 aliphatic rings. The number of amides is 2. The Hall–Kier alpha value is -4.63. The first kappa shape index (κ1) is 38.8. The SMILES string of the molecule is COc1cc(C(=O)NCC(O)(C2=CCC(C(C)(C)NC(=O)OC(C)(C)C)=CC(c3ccc(F)c(Cl)c3)=N2)C(F)(F)F)ccc1OCC(=O)O. The van der Waals surface area contributed by atoms with Crippen molar-refractivity contribution in [2.24, 2.45) is 4.99 Å². The highest BCUT2D eigenvalue weighted by atomic mass is 35.5. The van der Waals surface area contributed by atoms with Gasteiger partial charge in [-0.25, -0.2) is 19.0 Å². The maximum absolute atomic E-state index is 14.7. The Balaban J connectivity index is 2.03. The van der Waals surface area contributed by atoms with E-state index in [-0.39, 0.29) is 39.8 Å². The number of methoxy groups -OCH3 is 1. The van der Waals surface area contributed by atoms with E-state index in [9.17, 15) is 37.1 Å². The van der Waals surface area contributed by atoms with Gasteiger partial charge in [-0.1, -0.05) is 17.7 Å². The normalized spacial score (nSPS) is 15.1. The number of alkyl halides is 3. The molecule has 1 unspecified atom stereocenters. The summed E-state index contributed by atoms with van der Waals surface area (Å²) in [5.74, 6) is -3.22. The zero-order valence-corrected chi connectivity index (χ0v) is 28.2. The van der Waals surface area contributed by atoms with Crippen molar-refractivity contribution in [2.75, 3.05) is 20.3 Å². The highest BCUT2D eigenvalue weighted by molar-refractivity contribution is 6.31. The minimum Gasteiger partial charge on any atom is -0.493 e. The zero-order chi connectivity index (χ0) is 36.9. The average molecular weight is 714 g/mol. The fraction of sp³-hybridized carbons (Fsp3) is 0.394. The van der Waals surface area contributed by atoms with Gasteiger partial charge in [-0.2, -0.15) is 13.2 Å². The first-order chi connectivity index (χ1) is 22.6. The van der Waals surface area contributed by atoms with Crippen LogP contribution in [0, 0.1) is 5.82 Å². The Bertz CT molecular complexity index is 1700. The number of carboxylic acids is 1. The van der Waals surface area contributed by atoms with Crippen LogP contribution in [0.3, 0.4) is 0 Å². The van der Waals surface area contributed by atoms with E-state index in [1.54, 1.807) is 34.6 Å². The Kier molecular flexibility index (Phi) is 11.8. The number of aliphatic imine (C=N–C) groups is 1. The molecule has 3 rings (SSSR count). The van der Waals surface area contributed by atoms with Crippen molar-refractivity contribution in [1.82, 2.24) is 10.6 Å². The second kappa shape index (κ2) is 14.9. The fourth-order valence-corrected chi connectivity index (χ4v) is 4.67. The van der Waals surface area contributed by atoms with E-state index in [0.29, 0.717) is 5.57 Å². The summed E-state index contributed by atoms with van der Waals surface area (Å²) in [7, 11) is 1.21. The number of hydrogen-bond donors (Lipinski definition) is 4. The van der Waals surface area contributed by atoms with Crippen LogP contribution in [0.4, 0.5) is 22.4 Å². The third-order valence-corrected chi connectivity index (χ3v) is 7.36. The number of aliphatic carboxylic acids is 1. The van der Waals surface area contributed by atoms with Gasteiger partial charge in [0.1, 0.15) is 11.4 Å². The molecule has 0 saturated carbocycles. The zero-order valence-electron chi connectivity index (χ0n) is 27.4. The molecule has 1 aliphatic heterocycles. The molecule has 2 aromatic carbocycles. The van der Waals surface area contributed by atoms with Crippen LogP contribution in [0.15, 0.2) is 64.8 Å². The summed E-state index contributed by atoms with van der Waals surface area (Å²) in [6.45, 7) is 6.02. The van der Waals surface area contributed by atoms with Crippen LogP contribution in [-0.2, 0) is 9.53 Å². The number of carboxylic acid groups (broad SMARTS) is 1. The topological polar surface area (TPSA) is 156 Å². The van der Waals surface area contributed by atoms with E-state index in [1.807, 2.05) is 0 Å². The molecule has 11 nitrogen and oxygen atoms in total. The van der Waals surface area contributed by atoms with Gasteiger partial charge in [-0.15, -0.1) is 0 Å². The molecule has 1 atom stereocenters. The summed E-state index contributed by atoms with van der Waals surface area (Å²) in [4.78, 5) is 40.6. The number of nitrogens with one attached hydrogen (secondary N) is 2.